The minimum absolute atomic E-state index is 0.0353. The largest absolute Gasteiger partial charge is 0.504 e. The van der Waals surface area contributed by atoms with Crippen molar-refractivity contribution in [3.05, 3.63) is 23.5 Å². The molecule has 1 fully saturated rings. The van der Waals surface area contributed by atoms with Crippen molar-refractivity contribution in [1.29, 1.82) is 0 Å². The Morgan fingerprint density at radius 3 is 3.00 bits per heavy atom. The Hall–Kier alpha value is -1.33. The van der Waals surface area contributed by atoms with Crippen LogP contribution in [0.15, 0.2) is 12.1 Å². The number of hydrogen-bond acceptors (Lipinski definition) is 4. The van der Waals surface area contributed by atoms with Crippen molar-refractivity contribution in [1.82, 2.24) is 5.32 Å². The third-order valence-corrected chi connectivity index (χ3v) is 2.59. The highest BCUT2D eigenvalue weighted by atomic mass is 19.1. The first-order chi connectivity index (χ1) is 7.72. The van der Waals surface area contributed by atoms with Gasteiger partial charge in [-0.2, -0.15) is 0 Å². The van der Waals surface area contributed by atoms with Crippen LogP contribution in [0.1, 0.15) is 11.6 Å². The number of benzene rings is 1. The SMILES string of the molecule is COc1cc(F)cc([C@@H]2COCCN2)c1O. The number of morpholine rings is 1. The Kier molecular flexibility index (Phi) is 3.26. The lowest BCUT2D eigenvalue weighted by Gasteiger charge is -2.25. The first-order valence-electron chi connectivity index (χ1n) is 5.10. The maximum Gasteiger partial charge on any atom is 0.163 e. The van der Waals surface area contributed by atoms with E-state index in [2.05, 4.69) is 5.32 Å². The van der Waals surface area contributed by atoms with Crippen molar-refractivity contribution in [2.45, 2.75) is 6.04 Å². The van der Waals surface area contributed by atoms with Crippen LogP contribution >= 0.6 is 0 Å². The molecular weight excluding hydrogens is 213 g/mol. The van der Waals surface area contributed by atoms with Gasteiger partial charge in [0.2, 0.25) is 0 Å². The van der Waals surface area contributed by atoms with E-state index in [9.17, 15) is 9.50 Å². The number of halogens is 1. The smallest absolute Gasteiger partial charge is 0.163 e. The normalized spacial score (nSPS) is 20.8. The molecule has 0 unspecified atom stereocenters. The summed E-state index contributed by atoms with van der Waals surface area (Å²) in [5, 5.41) is 13.0. The number of ether oxygens (including phenoxy) is 2. The van der Waals surface area contributed by atoms with Gasteiger partial charge in [-0.1, -0.05) is 0 Å². The molecule has 0 saturated carbocycles. The molecule has 1 aliphatic rings. The average Bonchev–Trinajstić information content (AvgIpc) is 2.33. The third kappa shape index (κ3) is 2.10. The van der Waals surface area contributed by atoms with Gasteiger partial charge in [-0.15, -0.1) is 0 Å². The molecule has 0 bridgehead atoms. The molecule has 4 nitrogen and oxygen atoms in total. The Labute approximate surface area is 93.0 Å². The predicted molar refractivity (Wildman–Crippen MR) is 56.2 cm³/mol. The van der Waals surface area contributed by atoms with Gasteiger partial charge in [0.05, 0.1) is 26.4 Å². The summed E-state index contributed by atoms with van der Waals surface area (Å²) < 4.78 is 23.5. The Morgan fingerprint density at radius 2 is 2.38 bits per heavy atom. The number of phenols is 1. The minimum atomic E-state index is -0.433. The van der Waals surface area contributed by atoms with Gasteiger partial charge in [-0.25, -0.2) is 4.39 Å². The van der Waals surface area contributed by atoms with Gasteiger partial charge in [-0.3, -0.25) is 0 Å². The number of hydrogen-bond donors (Lipinski definition) is 2. The van der Waals surface area contributed by atoms with Crippen molar-refractivity contribution < 1.29 is 19.0 Å². The molecule has 2 rings (SSSR count). The molecule has 1 aliphatic heterocycles. The molecule has 1 aromatic rings. The number of phenolic OH excluding ortho intramolecular Hbond substituents is 1. The second kappa shape index (κ2) is 4.67. The van der Waals surface area contributed by atoms with E-state index < -0.39 is 5.82 Å². The van der Waals surface area contributed by atoms with Crippen LogP contribution in [0.3, 0.4) is 0 Å². The lowest BCUT2D eigenvalue weighted by Crippen LogP contribution is -2.34. The first kappa shape index (κ1) is 11.2. The van der Waals surface area contributed by atoms with Gasteiger partial charge in [0, 0.05) is 18.2 Å². The molecule has 1 saturated heterocycles. The monoisotopic (exact) mass is 227 g/mol. The molecule has 16 heavy (non-hydrogen) atoms. The van der Waals surface area contributed by atoms with Crippen LogP contribution in [0.5, 0.6) is 11.5 Å². The Morgan fingerprint density at radius 1 is 1.56 bits per heavy atom. The van der Waals surface area contributed by atoms with Crippen LogP contribution in [-0.4, -0.2) is 32.0 Å². The molecule has 1 atom stereocenters. The summed E-state index contributed by atoms with van der Waals surface area (Å²) in [5.41, 5.74) is 0.469. The fourth-order valence-corrected chi connectivity index (χ4v) is 1.78. The highest BCUT2D eigenvalue weighted by molar-refractivity contribution is 5.47. The van der Waals surface area contributed by atoms with Gasteiger partial charge in [-0.05, 0) is 6.07 Å². The Bertz CT molecular complexity index is 378. The van der Waals surface area contributed by atoms with Crippen molar-refractivity contribution in [2.24, 2.45) is 0 Å². The molecular formula is C11H14FNO3. The Balaban J connectivity index is 2.34. The van der Waals surface area contributed by atoms with E-state index in [0.717, 1.165) is 6.07 Å². The third-order valence-electron chi connectivity index (χ3n) is 2.59. The molecule has 0 aromatic heterocycles. The van der Waals surface area contributed by atoms with Crippen molar-refractivity contribution in [3.8, 4) is 11.5 Å². The predicted octanol–water partition coefficient (Wildman–Crippen LogP) is 1.20. The van der Waals surface area contributed by atoms with Crippen LogP contribution < -0.4 is 10.1 Å². The minimum Gasteiger partial charge on any atom is -0.504 e. The summed E-state index contributed by atoms with van der Waals surface area (Å²) in [4.78, 5) is 0. The summed E-state index contributed by atoms with van der Waals surface area (Å²) in [7, 11) is 1.39. The average molecular weight is 227 g/mol. The molecule has 2 N–H and O–H groups in total. The van der Waals surface area contributed by atoms with Crippen molar-refractivity contribution in [2.75, 3.05) is 26.9 Å². The molecule has 1 heterocycles. The zero-order valence-electron chi connectivity index (χ0n) is 9.00. The maximum atomic E-state index is 13.3. The van der Waals surface area contributed by atoms with E-state index in [4.69, 9.17) is 9.47 Å². The fraction of sp³-hybridized carbons (Fsp3) is 0.455. The lowest BCUT2D eigenvalue weighted by molar-refractivity contribution is 0.0758. The molecule has 88 valence electrons. The molecule has 0 spiro atoms. The van der Waals surface area contributed by atoms with E-state index in [0.29, 0.717) is 25.3 Å². The standard InChI is InChI=1S/C11H14FNO3/c1-15-10-5-7(12)4-8(11(10)14)9-6-16-3-2-13-9/h4-5,9,13-14H,2-3,6H2,1H3/t9-/m0/s1. The second-order valence-corrected chi connectivity index (χ2v) is 3.63. The summed E-state index contributed by atoms with van der Waals surface area (Å²) in [6.45, 7) is 1.73. The van der Waals surface area contributed by atoms with E-state index in [1.807, 2.05) is 0 Å². The summed E-state index contributed by atoms with van der Waals surface area (Å²) >= 11 is 0. The highest BCUT2D eigenvalue weighted by Gasteiger charge is 2.21. The zero-order chi connectivity index (χ0) is 11.5. The van der Waals surface area contributed by atoms with Gasteiger partial charge in [0.1, 0.15) is 5.82 Å². The quantitative estimate of drug-likeness (QED) is 0.797. The van der Waals surface area contributed by atoms with Crippen LogP contribution in [0, 0.1) is 5.82 Å². The molecule has 0 amide bonds. The second-order valence-electron chi connectivity index (χ2n) is 3.63. The van der Waals surface area contributed by atoms with Gasteiger partial charge in [0.15, 0.2) is 11.5 Å². The number of aromatic hydroxyl groups is 1. The summed E-state index contributed by atoms with van der Waals surface area (Å²) in [6, 6.07) is 2.26. The van der Waals surface area contributed by atoms with E-state index in [-0.39, 0.29) is 17.5 Å². The molecule has 1 aromatic carbocycles. The number of nitrogens with one attached hydrogen (secondary N) is 1. The topological polar surface area (TPSA) is 50.7 Å². The fourth-order valence-electron chi connectivity index (χ4n) is 1.78. The molecule has 5 heteroatoms. The summed E-state index contributed by atoms with van der Waals surface area (Å²) in [5.74, 6) is -0.328. The van der Waals surface area contributed by atoms with E-state index >= 15 is 0 Å². The summed E-state index contributed by atoms with van der Waals surface area (Å²) in [6.07, 6.45) is 0. The van der Waals surface area contributed by atoms with Gasteiger partial charge in [0.25, 0.3) is 0 Å². The van der Waals surface area contributed by atoms with Crippen LogP contribution in [0.4, 0.5) is 4.39 Å². The highest BCUT2D eigenvalue weighted by Crippen LogP contribution is 2.35. The van der Waals surface area contributed by atoms with Gasteiger partial charge >= 0.3 is 0 Å². The maximum absolute atomic E-state index is 13.3. The molecule has 0 radical (unpaired) electrons. The van der Waals surface area contributed by atoms with Crippen LogP contribution in [-0.2, 0) is 4.74 Å². The first-order valence-corrected chi connectivity index (χ1v) is 5.10. The number of methoxy groups -OCH3 is 1. The molecule has 0 aliphatic carbocycles. The van der Waals surface area contributed by atoms with Gasteiger partial charge < -0.3 is 19.9 Å². The van der Waals surface area contributed by atoms with Crippen molar-refractivity contribution >= 4 is 0 Å². The lowest BCUT2D eigenvalue weighted by atomic mass is 10.0. The number of rotatable bonds is 2. The van der Waals surface area contributed by atoms with Crippen LogP contribution in [0.2, 0.25) is 0 Å². The van der Waals surface area contributed by atoms with Crippen LogP contribution in [0.25, 0.3) is 0 Å². The van der Waals surface area contributed by atoms with E-state index in [1.54, 1.807) is 0 Å². The zero-order valence-corrected chi connectivity index (χ0v) is 9.00. The van der Waals surface area contributed by atoms with E-state index in [1.165, 1.54) is 13.2 Å². The van der Waals surface area contributed by atoms with Crippen molar-refractivity contribution in [3.63, 3.8) is 0 Å².